The quantitative estimate of drug-likeness (QED) is 0.875. The highest BCUT2D eigenvalue weighted by Crippen LogP contribution is 2.10. The van der Waals surface area contributed by atoms with Crippen molar-refractivity contribution in [1.29, 1.82) is 0 Å². The molecule has 0 amide bonds. The van der Waals surface area contributed by atoms with Gasteiger partial charge in [0, 0.05) is 12.7 Å². The van der Waals surface area contributed by atoms with Gasteiger partial charge >= 0.3 is 5.97 Å². The molecule has 1 N–H and O–H groups in total. The van der Waals surface area contributed by atoms with Crippen molar-refractivity contribution in [2.75, 3.05) is 0 Å². The van der Waals surface area contributed by atoms with Crippen LogP contribution in [0, 0.1) is 6.92 Å². The lowest BCUT2D eigenvalue weighted by molar-refractivity contribution is 0.0685. The lowest BCUT2D eigenvalue weighted by atomic mass is 10.1. The third-order valence-corrected chi connectivity index (χ3v) is 2.74. The first kappa shape index (κ1) is 11.5. The van der Waals surface area contributed by atoms with E-state index < -0.39 is 5.97 Å². The Morgan fingerprint density at radius 2 is 2.00 bits per heavy atom. The highest BCUT2D eigenvalue weighted by Gasteiger charge is 2.10. The molecular weight excluding hydrogens is 214 g/mol. The van der Waals surface area contributed by atoms with Gasteiger partial charge in [0.2, 0.25) is 0 Å². The minimum Gasteiger partial charge on any atom is -0.477 e. The summed E-state index contributed by atoms with van der Waals surface area (Å²) in [4.78, 5) is 11.0. The van der Waals surface area contributed by atoms with E-state index in [1.54, 1.807) is 10.6 Å². The summed E-state index contributed by atoms with van der Waals surface area (Å²) in [5.41, 5.74) is 2.56. The zero-order valence-electron chi connectivity index (χ0n) is 9.76. The number of nitrogens with zero attached hydrogens (tertiary/aromatic N) is 1. The van der Waals surface area contributed by atoms with Gasteiger partial charge < -0.3 is 9.67 Å². The van der Waals surface area contributed by atoms with E-state index in [1.165, 1.54) is 5.56 Å². The monoisotopic (exact) mass is 229 g/mol. The molecule has 0 aliphatic heterocycles. The maximum atomic E-state index is 11.0. The van der Waals surface area contributed by atoms with Gasteiger partial charge in [-0.05, 0) is 30.5 Å². The number of carboxylic acid groups (broad SMARTS) is 1. The van der Waals surface area contributed by atoms with Gasteiger partial charge in [-0.15, -0.1) is 0 Å². The number of hydrogen-bond donors (Lipinski definition) is 1. The second kappa shape index (κ2) is 4.87. The normalized spacial score (nSPS) is 10.4. The lowest BCUT2D eigenvalue weighted by Gasteiger charge is -2.06. The molecule has 17 heavy (non-hydrogen) atoms. The van der Waals surface area contributed by atoms with E-state index >= 15 is 0 Å². The summed E-state index contributed by atoms with van der Waals surface area (Å²) in [5, 5.41) is 9.06. The van der Waals surface area contributed by atoms with Crippen LogP contribution in [0.4, 0.5) is 0 Å². The summed E-state index contributed by atoms with van der Waals surface area (Å²) >= 11 is 0. The SMILES string of the molecule is Cc1cc(C(=O)O)n(CCc2ccccc2)c1. The topological polar surface area (TPSA) is 42.2 Å². The van der Waals surface area contributed by atoms with E-state index in [4.69, 9.17) is 5.11 Å². The number of aromatic carboxylic acids is 1. The standard InChI is InChI=1S/C14H15NO2/c1-11-9-13(14(16)17)15(10-11)8-7-12-5-3-2-4-6-12/h2-6,9-10H,7-8H2,1H3,(H,16,17). The van der Waals surface area contributed by atoms with Crippen molar-refractivity contribution in [3.8, 4) is 0 Å². The fourth-order valence-corrected chi connectivity index (χ4v) is 1.92. The maximum Gasteiger partial charge on any atom is 0.352 e. The molecule has 3 nitrogen and oxygen atoms in total. The zero-order chi connectivity index (χ0) is 12.3. The second-order valence-corrected chi connectivity index (χ2v) is 4.14. The number of carbonyl (C=O) groups is 1. The Morgan fingerprint density at radius 1 is 1.29 bits per heavy atom. The minimum absolute atomic E-state index is 0.360. The number of benzene rings is 1. The predicted octanol–water partition coefficient (Wildman–Crippen LogP) is 2.74. The van der Waals surface area contributed by atoms with E-state index in [9.17, 15) is 4.79 Å². The minimum atomic E-state index is -0.869. The molecule has 2 aromatic rings. The Morgan fingerprint density at radius 3 is 2.65 bits per heavy atom. The van der Waals surface area contributed by atoms with Crippen LogP contribution >= 0.6 is 0 Å². The fourth-order valence-electron chi connectivity index (χ4n) is 1.92. The van der Waals surface area contributed by atoms with Crippen molar-refractivity contribution in [2.24, 2.45) is 0 Å². The van der Waals surface area contributed by atoms with Crippen LogP contribution in [-0.2, 0) is 13.0 Å². The summed E-state index contributed by atoms with van der Waals surface area (Å²) in [7, 11) is 0. The Hall–Kier alpha value is -2.03. The van der Waals surface area contributed by atoms with Crippen LogP contribution in [0.3, 0.4) is 0 Å². The molecule has 1 aromatic heterocycles. The molecule has 0 fully saturated rings. The second-order valence-electron chi connectivity index (χ2n) is 4.14. The van der Waals surface area contributed by atoms with Gasteiger partial charge in [-0.2, -0.15) is 0 Å². The van der Waals surface area contributed by atoms with Gasteiger partial charge in [0.05, 0.1) is 0 Å². The van der Waals surface area contributed by atoms with Crippen molar-refractivity contribution in [1.82, 2.24) is 4.57 Å². The molecular formula is C14H15NO2. The van der Waals surface area contributed by atoms with Crippen LogP contribution < -0.4 is 0 Å². The molecule has 0 radical (unpaired) electrons. The maximum absolute atomic E-state index is 11.0. The predicted molar refractivity (Wildman–Crippen MR) is 66.3 cm³/mol. The van der Waals surface area contributed by atoms with Gasteiger partial charge in [0.25, 0.3) is 0 Å². The molecule has 0 saturated heterocycles. The van der Waals surface area contributed by atoms with E-state index in [0.717, 1.165) is 12.0 Å². The summed E-state index contributed by atoms with van der Waals surface area (Å²) in [5.74, 6) is -0.869. The largest absolute Gasteiger partial charge is 0.477 e. The van der Waals surface area contributed by atoms with E-state index in [1.807, 2.05) is 31.3 Å². The van der Waals surface area contributed by atoms with Crippen molar-refractivity contribution < 1.29 is 9.90 Å². The average Bonchev–Trinajstić information content (AvgIpc) is 2.69. The third kappa shape index (κ3) is 2.75. The van der Waals surface area contributed by atoms with Gasteiger partial charge in [0.1, 0.15) is 5.69 Å². The molecule has 0 unspecified atom stereocenters. The fraction of sp³-hybridized carbons (Fsp3) is 0.214. The Balaban J connectivity index is 2.11. The average molecular weight is 229 g/mol. The van der Waals surface area contributed by atoms with Gasteiger partial charge in [-0.3, -0.25) is 0 Å². The van der Waals surface area contributed by atoms with Crippen LogP contribution in [0.5, 0.6) is 0 Å². The molecule has 0 aliphatic carbocycles. The molecule has 3 heteroatoms. The summed E-state index contributed by atoms with van der Waals surface area (Å²) in [6.07, 6.45) is 2.72. The first-order valence-corrected chi connectivity index (χ1v) is 5.61. The highest BCUT2D eigenvalue weighted by molar-refractivity contribution is 5.86. The lowest BCUT2D eigenvalue weighted by Crippen LogP contribution is -2.09. The number of carboxylic acids is 1. The molecule has 0 aliphatic rings. The van der Waals surface area contributed by atoms with E-state index in [0.29, 0.717) is 12.2 Å². The number of hydrogen-bond acceptors (Lipinski definition) is 1. The molecule has 2 rings (SSSR count). The summed E-state index contributed by atoms with van der Waals surface area (Å²) < 4.78 is 1.80. The first-order valence-electron chi connectivity index (χ1n) is 5.61. The Bertz CT molecular complexity index is 514. The molecule has 0 bridgehead atoms. The highest BCUT2D eigenvalue weighted by atomic mass is 16.4. The first-order chi connectivity index (χ1) is 8.16. The molecule has 1 heterocycles. The molecule has 0 saturated carbocycles. The van der Waals surface area contributed by atoms with Crippen LogP contribution in [-0.4, -0.2) is 15.6 Å². The van der Waals surface area contributed by atoms with Gasteiger partial charge in [-0.25, -0.2) is 4.79 Å². The van der Waals surface area contributed by atoms with Gasteiger partial charge in [-0.1, -0.05) is 30.3 Å². The van der Waals surface area contributed by atoms with E-state index in [-0.39, 0.29) is 0 Å². The van der Waals surface area contributed by atoms with Gasteiger partial charge in [0.15, 0.2) is 0 Å². The summed E-state index contributed by atoms with van der Waals surface area (Å²) in [6, 6.07) is 11.8. The van der Waals surface area contributed by atoms with Crippen LogP contribution in [0.15, 0.2) is 42.6 Å². The molecule has 0 spiro atoms. The van der Waals surface area contributed by atoms with Crippen molar-refractivity contribution in [3.05, 3.63) is 59.4 Å². The zero-order valence-corrected chi connectivity index (χ0v) is 9.76. The van der Waals surface area contributed by atoms with Crippen molar-refractivity contribution in [2.45, 2.75) is 19.9 Å². The van der Waals surface area contributed by atoms with Crippen LogP contribution in [0.2, 0.25) is 0 Å². The molecule has 0 atom stereocenters. The number of rotatable bonds is 4. The third-order valence-electron chi connectivity index (χ3n) is 2.74. The Kier molecular flexibility index (Phi) is 3.28. The molecule has 1 aromatic carbocycles. The van der Waals surface area contributed by atoms with E-state index in [2.05, 4.69) is 12.1 Å². The Labute approximate surface area is 100 Å². The summed E-state index contributed by atoms with van der Waals surface area (Å²) in [6.45, 7) is 2.60. The number of aryl methyl sites for hydroxylation is 3. The smallest absolute Gasteiger partial charge is 0.352 e. The molecule has 88 valence electrons. The number of aromatic nitrogens is 1. The van der Waals surface area contributed by atoms with Crippen LogP contribution in [0.1, 0.15) is 21.6 Å². The van der Waals surface area contributed by atoms with Crippen molar-refractivity contribution >= 4 is 5.97 Å². The van der Waals surface area contributed by atoms with Crippen molar-refractivity contribution in [3.63, 3.8) is 0 Å². The van der Waals surface area contributed by atoms with Crippen LogP contribution in [0.25, 0.3) is 0 Å².